The van der Waals surface area contributed by atoms with Gasteiger partial charge in [0.25, 0.3) is 11.8 Å². The van der Waals surface area contributed by atoms with E-state index in [9.17, 15) is 14.4 Å². The van der Waals surface area contributed by atoms with Gasteiger partial charge in [-0.15, -0.1) is 11.3 Å². The number of aromatic nitrogens is 1. The van der Waals surface area contributed by atoms with E-state index < -0.39 is 17.9 Å². The first kappa shape index (κ1) is 20.9. The van der Waals surface area contributed by atoms with Crippen molar-refractivity contribution in [3.8, 4) is 5.75 Å². The Morgan fingerprint density at radius 3 is 2.66 bits per heavy atom. The molecule has 0 aliphatic rings. The minimum Gasteiger partial charge on any atom is -0.481 e. The molecule has 0 spiro atoms. The monoisotopic (exact) mass is 475 g/mol. The van der Waals surface area contributed by atoms with Crippen LogP contribution in [0.25, 0.3) is 10.2 Å². The highest BCUT2D eigenvalue weighted by Crippen LogP contribution is 2.29. The van der Waals surface area contributed by atoms with Gasteiger partial charge >= 0.3 is 0 Å². The van der Waals surface area contributed by atoms with E-state index in [1.54, 1.807) is 38.1 Å². The first-order chi connectivity index (χ1) is 13.8. The molecular weight excluding hydrogens is 458 g/mol. The SMILES string of the molecule is CC(=O)c1cnc2sc(C(=O)NNC(=O)[C@H](C)Oc3cccc(Br)c3)c(C)c2c1. The number of rotatable bonds is 5. The molecule has 0 fully saturated rings. The molecule has 2 N–H and O–H groups in total. The van der Waals surface area contributed by atoms with Crippen molar-refractivity contribution < 1.29 is 19.1 Å². The van der Waals surface area contributed by atoms with E-state index in [0.717, 1.165) is 9.86 Å². The van der Waals surface area contributed by atoms with E-state index in [0.29, 0.717) is 26.6 Å². The first-order valence-electron chi connectivity index (χ1n) is 8.68. The maximum Gasteiger partial charge on any atom is 0.280 e. The van der Waals surface area contributed by atoms with Gasteiger partial charge in [0.1, 0.15) is 10.6 Å². The largest absolute Gasteiger partial charge is 0.481 e. The van der Waals surface area contributed by atoms with E-state index in [1.807, 2.05) is 6.07 Å². The van der Waals surface area contributed by atoms with Gasteiger partial charge in [-0.05, 0) is 50.6 Å². The number of carbonyl (C=O) groups is 3. The van der Waals surface area contributed by atoms with Crippen LogP contribution in [0.5, 0.6) is 5.75 Å². The quantitative estimate of drug-likeness (QED) is 0.432. The van der Waals surface area contributed by atoms with Gasteiger partial charge in [-0.25, -0.2) is 4.98 Å². The molecule has 3 aromatic rings. The summed E-state index contributed by atoms with van der Waals surface area (Å²) in [5, 5.41) is 0.741. The molecule has 0 aliphatic carbocycles. The molecule has 3 rings (SSSR count). The number of aryl methyl sites for hydroxylation is 1. The summed E-state index contributed by atoms with van der Waals surface area (Å²) in [4.78, 5) is 41.6. The molecule has 1 aromatic carbocycles. The molecule has 150 valence electrons. The second-order valence-corrected chi connectivity index (χ2v) is 8.26. The van der Waals surface area contributed by atoms with Crippen LogP contribution in [0.2, 0.25) is 0 Å². The summed E-state index contributed by atoms with van der Waals surface area (Å²) in [7, 11) is 0. The number of Topliss-reactive ketones (excluding diaryl/α,β-unsaturated/α-hetero) is 1. The summed E-state index contributed by atoms with van der Waals surface area (Å²) in [5.74, 6) is -0.518. The molecule has 7 nitrogen and oxygen atoms in total. The molecule has 0 bridgehead atoms. The number of thiophene rings is 1. The lowest BCUT2D eigenvalue weighted by atomic mass is 10.1. The zero-order chi connectivity index (χ0) is 21.1. The zero-order valence-corrected chi connectivity index (χ0v) is 18.3. The summed E-state index contributed by atoms with van der Waals surface area (Å²) < 4.78 is 6.40. The van der Waals surface area contributed by atoms with Crippen molar-refractivity contribution in [2.45, 2.75) is 26.9 Å². The van der Waals surface area contributed by atoms with E-state index in [4.69, 9.17) is 4.74 Å². The summed E-state index contributed by atoms with van der Waals surface area (Å²) in [5.41, 5.74) is 5.96. The number of halogens is 1. The maximum absolute atomic E-state index is 12.5. The number of hydrogen-bond acceptors (Lipinski definition) is 6. The van der Waals surface area contributed by atoms with Gasteiger partial charge in [0.15, 0.2) is 11.9 Å². The smallest absolute Gasteiger partial charge is 0.280 e. The number of amides is 2. The van der Waals surface area contributed by atoms with Crippen LogP contribution in [0, 0.1) is 6.92 Å². The number of pyridine rings is 1. The number of ether oxygens (including phenoxy) is 1. The van der Waals surface area contributed by atoms with Crippen LogP contribution < -0.4 is 15.6 Å². The van der Waals surface area contributed by atoms with E-state index in [2.05, 4.69) is 31.8 Å². The van der Waals surface area contributed by atoms with Crippen LogP contribution in [0.1, 0.15) is 39.4 Å². The molecule has 0 saturated carbocycles. The van der Waals surface area contributed by atoms with Crippen LogP contribution in [-0.2, 0) is 4.79 Å². The first-order valence-corrected chi connectivity index (χ1v) is 10.3. The van der Waals surface area contributed by atoms with Crippen molar-refractivity contribution in [3.05, 3.63) is 57.0 Å². The number of hydrazine groups is 1. The second-order valence-electron chi connectivity index (χ2n) is 6.35. The Morgan fingerprint density at radius 1 is 1.21 bits per heavy atom. The summed E-state index contributed by atoms with van der Waals surface area (Å²) >= 11 is 4.53. The number of nitrogens with zero attached hydrogens (tertiary/aromatic N) is 1. The Balaban J connectivity index is 1.66. The highest BCUT2D eigenvalue weighted by molar-refractivity contribution is 9.10. The molecule has 1 atom stereocenters. The predicted octanol–water partition coefficient (Wildman–Crippen LogP) is 3.80. The lowest BCUT2D eigenvalue weighted by molar-refractivity contribution is -0.128. The van der Waals surface area contributed by atoms with Crippen molar-refractivity contribution in [1.82, 2.24) is 15.8 Å². The average Bonchev–Trinajstić information content (AvgIpc) is 3.02. The minimum atomic E-state index is -0.812. The number of fused-ring (bicyclic) bond motifs is 1. The normalized spacial score (nSPS) is 11.7. The van der Waals surface area contributed by atoms with E-state index in [1.165, 1.54) is 24.5 Å². The Hall–Kier alpha value is -2.78. The number of benzene rings is 1. The summed E-state index contributed by atoms with van der Waals surface area (Å²) in [6.07, 6.45) is 0.679. The van der Waals surface area contributed by atoms with E-state index >= 15 is 0 Å². The predicted molar refractivity (Wildman–Crippen MR) is 114 cm³/mol. The molecule has 29 heavy (non-hydrogen) atoms. The Bertz CT molecular complexity index is 1110. The Kier molecular flexibility index (Phi) is 6.29. The number of carbonyl (C=O) groups excluding carboxylic acids is 3. The van der Waals surface area contributed by atoms with Crippen LogP contribution in [0.3, 0.4) is 0 Å². The molecule has 2 heterocycles. The van der Waals surface area contributed by atoms with Gasteiger partial charge in [-0.1, -0.05) is 22.0 Å². The second kappa shape index (κ2) is 8.71. The summed E-state index contributed by atoms with van der Waals surface area (Å²) in [6, 6.07) is 8.84. The van der Waals surface area contributed by atoms with Crippen molar-refractivity contribution >= 4 is 55.1 Å². The molecule has 0 radical (unpaired) electrons. The van der Waals surface area contributed by atoms with Gasteiger partial charge in [-0.2, -0.15) is 0 Å². The van der Waals surface area contributed by atoms with Gasteiger partial charge in [0.2, 0.25) is 0 Å². The van der Waals surface area contributed by atoms with Crippen molar-refractivity contribution in [3.63, 3.8) is 0 Å². The lowest BCUT2D eigenvalue weighted by Gasteiger charge is -2.15. The zero-order valence-electron chi connectivity index (χ0n) is 15.9. The lowest BCUT2D eigenvalue weighted by Crippen LogP contribution is -2.47. The minimum absolute atomic E-state index is 0.0947. The fraction of sp³-hybridized carbons (Fsp3) is 0.200. The average molecular weight is 476 g/mol. The van der Waals surface area contributed by atoms with Gasteiger partial charge in [0.05, 0.1) is 4.88 Å². The fourth-order valence-corrected chi connectivity index (χ4v) is 3.99. The standard InChI is InChI=1S/C20H18BrN3O4S/c1-10-16-7-13(11(2)25)9-22-20(16)29-17(10)19(27)24-23-18(26)12(3)28-15-6-4-5-14(21)8-15/h4-9,12H,1-3H3,(H,23,26)(H,24,27)/t12-/m0/s1. The Labute approximate surface area is 179 Å². The van der Waals surface area contributed by atoms with E-state index in [-0.39, 0.29) is 5.78 Å². The van der Waals surface area contributed by atoms with Crippen molar-refractivity contribution in [1.29, 1.82) is 0 Å². The number of ketones is 1. The number of hydrogen-bond donors (Lipinski definition) is 2. The fourth-order valence-electron chi connectivity index (χ4n) is 2.58. The van der Waals surface area contributed by atoms with Gasteiger partial charge in [-0.3, -0.25) is 25.2 Å². The van der Waals surface area contributed by atoms with Crippen LogP contribution in [-0.4, -0.2) is 28.7 Å². The third-order valence-corrected chi connectivity index (χ3v) is 5.89. The highest BCUT2D eigenvalue weighted by Gasteiger charge is 2.20. The molecule has 0 aliphatic heterocycles. The van der Waals surface area contributed by atoms with Crippen molar-refractivity contribution in [2.24, 2.45) is 0 Å². The third-order valence-electron chi connectivity index (χ3n) is 4.18. The van der Waals surface area contributed by atoms with Crippen LogP contribution in [0.15, 0.2) is 41.0 Å². The molecule has 0 unspecified atom stereocenters. The highest BCUT2D eigenvalue weighted by atomic mass is 79.9. The topological polar surface area (TPSA) is 97.4 Å². The molecule has 0 saturated heterocycles. The summed E-state index contributed by atoms with van der Waals surface area (Å²) in [6.45, 7) is 4.82. The van der Waals surface area contributed by atoms with Gasteiger partial charge in [0, 0.05) is 21.6 Å². The van der Waals surface area contributed by atoms with Crippen LogP contribution >= 0.6 is 27.3 Å². The molecular formula is C20H18BrN3O4S. The van der Waals surface area contributed by atoms with Crippen LogP contribution in [0.4, 0.5) is 0 Å². The molecule has 9 heteroatoms. The molecule has 2 amide bonds. The Morgan fingerprint density at radius 2 is 1.97 bits per heavy atom. The number of nitrogens with one attached hydrogen (secondary N) is 2. The third kappa shape index (κ3) is 4.80. The maximum atomic E-state index is 12.5. The van der Waals surface area contributed by atoms with Gasteiger partial charge < -0.3 is 4.74 Å². The van der Waals surface area contributed by atoms with Crippen molar-refractivity contribution in [2.75, 3.05) is 0 Å². The molecule has 2 aromatic heterocycles.